The first kappa shape index (κ1) is 35.4. The lowest BCUT2D eigenvalue weighted by atomic mass is 9.99. The number of benzene rings is 3. The van der Waals surface area contributed by atoms with Crippen LogP contribution in [0.3, 0.4) is 0 Å². The standard InChI is InChI=1S/C37H44N2O9/c1-2-17-45-23-28-19-27(22-46-28)38-36(43)34(47-20-24-11-5-3-6-12-24)32(41)33(42)35(48-21-25-13-7-4-8-14-25)37(44)39-31-29-16-10-9-15-26(29)18-30(31)40/h2-16,27-28,30-35,40-42H,1,17-23H2,(H,38,43)(H,39,44)/t27?,28?,30-,31+,32-,33-,34-,35-/m1/s1. The monoisotopic (exact) mass is 660 g/mol. The lowest BCUT2D eigenvalue weighted by Crippen LogP contribution is -2.57. The van der Waals surface area contributed by atoms with Gasteiger partial charge in [0.15, 0.2) is 12.2 Å². The van der Waals surface area contributed by atoms with Crippen molar-refractivity contribution in [3.8, 4) is 0 Å². The number of nitrogens with one attached hydrogen (secondary N) is 2. The van der Waals surface area contributed by atoms with Crippen LogP contribution in [0.2, 0.25) is 0 Å². The molecule has 0 radical (unpaired) electrons. The minimum absolute atomic E-state index is 0.0469. The summed E-state index contributed by atoms with van der Waals surface area (Å²) in [5.41, 5.74) is 3.12. The largest absolute Gasteiger partial charge is 0.390 e. The Kier molecular flexibility index (Phi) is 12.9. The van der Waals surface area contributed by atoms with E-state index in [1.54, 1.807) is 30.3 Å². The summed E-state index contributed by atoms with van der Waals surface area (Å²) in [6, 6.07) is 24.4. The van der Waals surface area contributed by atoms with Gasteiger partial charge < -0.3 is 44.9 Å². The predicted octanol–water partition coefficient (Wildman–Crippen LogP) is 2.13. The van der Waals surface area contributed by atoms with Gasteiger partial charge in [0, 0.05) is 6.42 Å². The maximum atomic E-state index is 13.8. The highest BCUT2D eigenvalue weighted by molar-refractivity contribution is 5.84. The quantitative estimate of drug-likeness (QED) is 0.108. The topological polar surface area (TPSA) is 156 Å². The van der Waals surface area contributed by atoms with Gasteiger partial charge in [0.05, 0.1) is 57.3 Å². The Balaban J connectivity index is 1.33. The van der Waals surface area contributed by atoms with Crippen molar-refractivity contribution in [1.82, 2.24) is 10.6 Å². The van der Waals surface area contributed by atoms with Gasteiger partial charge in [-0.05, 0) is 28.7 Å². The number of rotatable bonds is 17. The van der Waals surface area contributed by atoms with Crippen LogP contribution >= 0.6 is 0 Å². The molecular weight excluding hydrogens is 616 g/mol. The van der Waals surface area contributed by atoms with E-state index in [-0.39, 0.29) is 32.0 Å². The minimum atomic E-state index is -1.89. The molecule has 256 valence electrons. The second-order valence-corrected chi connectivity index (χ2v) is 12.1. The van der Waals surface area contributed by atoms with Crippen LogP contribution < -0.4 is 10.6 Å². The smallest absolute Gasteiger partial charge is 0.252 e. The Morgan fingerprint density at radius 1 is 0.854 bits per heavy atom. The van der Waals surface area contributed by atoms with Crippen molar-refractivity contribution in [2.75, 3.05) is 19.8 Å². The highest BCUT2D eigenvalue weighted by atomic mass is 16.5. The van der Waals surface area contributed by atoms with Gasteiger partial charge in [-0.1, -0.05) is 91.0 Å². The van der Waals surface area contributed by atoms with Gasteiger partial charge >= 0.3 is 0 Å². The molecule has 2 aliphatic rings. The molecule has 0 aromatic heterocycles. The molecule has 8 atom stereocenters. The fourth-order valence-electron chi connectivity index (χ4n) is 6.01. The molecule has 11 heteroatoms. The molecule has 0 spiro atoms. The molecule has 3 aromatic rings. The van der Waals surface area contributed by atoms with Crippen LogP contribution in [-0.4, -0.2) is 89.6 Å². The van der Waals surface area contributed by atoms with Gasteiger partial charge in [0.25, 0.3) is 11.8 Å². The van der Waals surface area contributed by atoms with E-state index in [1.807, 2.05) is 60.7 Å². The summed E-state index contributed by atoms with van der Waals surface area (Å²) >= 11 is 0. The summed E-state index contributed by atoms with van der Waals surface area (Å²) in [5.74, 6) is -1.44. The molecule has 48 heavy (non-hydrogen) atoms. The van der Waals surface area contributed by atoms with Crippen LogP contribution in [0.4, 0.5) is 0 Å². The fourth-order valence-corrected chi connectivity index (χ4v) is 6.01. The van der Waals surface area contributed by atoms with E-state index in [4.69, 9.17) is 18.9 Å². The first-order chi connectivity index (χ1) is 23.3. The average Bonchev–Trinajstić information content (AvgIpc) is 3.68. The van der Waals surface area contributed by atoms with Crippen LogP contribution in [0.15, 0.2) is 97.6 Å². The Hall–Kier alpha value is -3.94. The van der Waals surface area contributed by atoms with E-state index in [2.05, 4.69) is 17.2 Å². The van der Waals surface area contributed by atoms with Gasteiger partial charge in [0.1, 0.15) is 12.2 Å². The Labute approximate surface area is 280 Å². The van der Waals surface area contributed by atoms with Crippen molar-refractivity contribution in [1.29, 1.82) is 0 Å². The number of carbonyl (C=O) groups is 2. The number of aliphatic hydroxyl groups is 3. The van der Waals surface area contributed by atoms with Crippen molar-refractivity contribution in [2.24, 2.45) is 0 Å². The van der Waals surface area contributed by atoms with Crippen molar-refractivity contribution in [3.63, 3.8) is 0 Å². The van der Waals surface area contributed by atoms with E-state index in [0.29, 0.717) is 26.1 Å². The molecule has 2 unspecified atom stereocenters. The highest BCUT2D eigenvalue weighted by Crippen LogP contribution is 2.31. The molecule has 0 bridgehead atoms. The van der Waals surface area contributed by atoms with Gasteiger partial charge in [0.2, 0.25) is 0 Å². The maximum Gasteiger partial charge on any atom is 0.252 e. The zero-order chi connectivity index (χ0) is 33.9. The highest BCUT2D eigenvalue weighted by Gasteiger charge is 2.43. The number of carbonyl (C=O) groups excluding carboxylic acids is 2. The summed E-state index contributed by atoms with van der Waals surface area (Å²) in [7, 11) is 0. The summed E-state index contributed by atoms with van der Waals surface area (Å²) in [5, 5.41) is 39.6. The van der Waals surface area contributed by atoms with Gasteiger partial charge in [-0.15, -0.1) is 6.58 Å². The number of hydrogen-bond acceptors (Lipinski definition) is 9. The minimum Gasteiger partial charge on any atom is -0.390 e. The molecule has 1 saturated heterocycles. The zero-order valence-corrected chi connectivity index (χ0v) is 26.7. The first-order valence-electron chi connectivity index (χ1n) is 16.2. The average molecular weight is 661 g/mol. The predicted molar refractivity (Wildman–Crippen MR) is 176 cm³/mol. The van der Waals surface area contributed by atoms with Crippen LogP contribution in [0.1, 0.15) is 34.7 Å². The Morgan fingerprint density at radius 3 is 2.02 bits per heavy atom. The zero-order valence-electron chi connectivity index (χ0n) is 26.7. The maximum absolute atomic E-state index is 13.8. The van der Waals surface area contributed by atoms with E-state index in [9.17, 15) is 24.9 Å². The van der Waals surface area contributed by atoms with Crippen LogP contribution in [0, 0.1) is 0 Å². The SMILES string of the molecule is C=CCOCC1CC(NC(=O)[C@H](OCc2ccccc2)[C@H](O)[C@@H](O)[C@@H](OCc2ccccc2)C(=O)N[C@H]2c3ccccc3C[C@H]2O)CO1. The normalized spacial score (nSPS) is 22.6. The van der Waals surface area contributed by atoms with E-state index in [1.165, 1.54) is 0 Å². The number of hydrogen-bond donors (Lipinski definition) is 5. The molecule has 5 N–H and O–H groups in total. The number of amides is 2. The molecule has 1 aliphatic carbocycles. The lowest BCUT2D eigenvalue weighted by Gasteiger charge is -2.32. The summed E-state index contributed by atoms with van der Waals surface area (Å²) in [6.07, 6.45) is -5.64. The van der Waals surface area contributed by atoms with Gasteiger partial charge in [-0.2, -0.15) is 0 Å². The third-order valence-electron chi connectivity index (χ3n) is 8.50. The molecule has 5 rings (SSSR count). The van der Waals surface area contributed by atoms with Gasteiger partial charge in [-0.3, -0.25) is 9.59 Å². The van der Waals surface area contributed by atoms with Crippen molar-refractivity contribution >= 4 is 11.8 Å². The third kappa shape index (κ3) is 9.36. The summed E-state index contributed by atoms with van der Waals surface area (Å²) < 4.78 is 23.1. The van der Waals surface area contributed by atoms with Gasteiger partial charge in [-0.25, -0.2) is 0 Å². The molecular formula is C37H44N2O9. The molecule has 1 fully saturated rings. The molecule has 1 aliphatic heterocycles. The summed E-state index contributed by atoms with van der Waals surface area (Å²) in [6.45, 7) is 4.46. The molecule has 2 amide bonds. The molecule has 3 aromatic carbocycles. The van der Waals surface area contributed by atoms with Crippen LogP contribution in [0.25, 0.3) is 0 Å². The van der Waals surface area contributed by atoms with Crippen LogP contribution in [-0.2, 0) is 48.2 Å². The second-order valence-electron chi connectivity index (χ2n) is 12.1. The number of aliphatic hydroxyl groups excluding tert-OH is 3. The second kappa shape index (κ2) is 17.5. The lowest BCUT2D eigenvalue weighted by molar-refractivity contribution is -0.171. The Bertz CT molecular complexity index is 1470. The van der Waals surface area contributed by atoms with Crippen molar-refractivity contribution < 1.29 is 43.9 Å². The first-order valence-corrected chi connectivity index (χ1v) is 16.2. The number of ether oxygens (including phenoxy) is 4. The van der Waals surface area contributed by atoms with E-state index < -0.39 is 48.4 Å². The molecule has 11 nitrogen and oxygen atoms in total. The number of fused-ring (bicyclic) bond motifs is 1. The molecule has 1 heterocycles. The van der Waals surface area contributed by atoms with E-state index >= 15 is 0 Å². The van der Waals surface area contributed by atoms with E-state index in [0.717, 1.165) is 22.3 Å². The fraction of sp³-hybridized carbons (Fsp3) is 0.405. The molecule has 0 saturated carbocycles. The summed E-state index contributed by atoms with van der Waals surface area (Å²) in [4.78, 5) is 27.5. The van der Waals surface area contributed by atoms with Crippen molar-refractivity contribution in [2.45, 2.75) is 74.8 Å². The Morgan fingerprint density at radius 2 is 1.42 bits per heavy atom. The third-order valence-corrected chi connectivity index (χ3v) is 8.50. The van der Waals surface area contributed by atoms with Crippen molar-refractivity contribution in [3.05, 3.63) is 120 Å². The van der Waals surface area contributed by atoms with Crippen LogP contribution in [0.5, 0.6) is 0 Å².